The molecule has 0 aliphatic carbocycles. The summed E-state index contributed by atoms with van der Waals surface area (Å²) in [4.78, 5) is 13.7. The molecule has 1 aliphatic heterocycles. The van der Waals surface area contributed by atoms with Crippen LogP contribution >= 0.6 is 0 Å². The van der Waals surface area contributed by atoms with E-state index >= 15 is 0 Å². The Bertz CT molecular complexity index is 456. The summed E-state index contributed by atoms with van der Waals surface area (Å²) in [7, 11) is 0. The Hall–Kier alpha value is -1.51. The van der Waals surface area contributed by atoms with Crippen LogP contribution in [0.3, 0.4) is 0 Å². The molecule has 3 nitrogen and oxygen atoms in total. The summed E-state index contributed by atoms with van der Waals surface area (Å²) in [6, 6.07) is 6.66. The molecule has 2 rings (SSSR count). The van der Waals surface area contributed by atoms with E-state index in [4.69, 9.17) is 0 Å². The first-order chi connectivity index (χ1) is 9.10. The number of rotatable bonds is 4. The van der Waals surface area contributed by atoms with Crippen LogP contribution in [-0.4, -0.2) is 25.5 Å². The molecule has 0 bridgehead atoms. The molecule has 1 amide bonds. The minimum absolute atomic E-state index is 0.157. The third kappa shape index (κ3) is 3.49. The lowest BCUT2D eigenvalue weighted by Gasteiger charge is -2.20. The highest BCUT2D eigenvalue weighted by atomic mass is 16.1. The van der Waals surface area contributed by atoms with Crippen LogP contribution in [0.25, 0.3) is 0 Å². The van der Waals surface area contributed by atoms with Crippen molar-refractivity contribution in [3.05, 3.63) is 29.3 Å². The molecule has 1 aromatic rings. The molecule has 1 saturated heterocycles. The van der Waals surface area contributed by atoms with E-state index in [-0.39, 0.29) is 5.91 Å². The first kappa shape index (κ1) is 13.9. The number of nitrogens with zero attached hydrogens (tertiary/aromatic N) is 1. The van der Waals surface area contributed by atoms with Crippen LogP contribution in [0.2, 0.25) is 0 Å². The third-order valence-electron chi connectivity index (χ3n) is 4.05. The fourth-order valence-corrected chi connectivity index (χ4v) is 2.54. The fourth-order valence-electron chi connectivity index (χ4n) is 2.54. The maximum atomic E-state index is 11.3. The first-order valence-corrected chi connectivity index (χ1v) is 7.19. The molecule has 0 saturated carbocycles. The van der Waals surface area contributed by atoms with Gasteiger partial charge in [-0.05, 0) is 49.4 Å². The van der Waals surface area contributed by atoms with Gasteiger partial charge < -0.3 is 10.2 Å². The molecule has 0 radical (unpaired) electrons. The second-order valence-electron chi connectivity index (χ2n) is 5.53. The van der Waals surface area contributed by atoms with Gasteiger partial charge in [0.1, 0.15) is 0 Å². The molecule has 1 N–H and O–H groups in total. The normalized spacial score (nSPS) is 18.7. The second kappa shape index (κ2) is 6.09. The largest absolute Gasteiger partial charge is 0.371 e. The smallest absolute Gasteiger partial charge is 0.219 e. The Labute approximate surface area is 116 Å². The number of carbonyl (C=O) groups excluding carboxylic acids is 1. The SMILES string of the molecule is CCC(=O)NCC1CCN(c2ccc(C)c(C)c2)C1. The molecule has 3 heteroatoms. The zero-order chi connectivity index (χ0) is 13.8. The predicted octanol–water partition coefficient (Wildman–Crippen LogP) is 2.66. The molecule has 1 aliphatic rings. The van der Waals surface area contributed by atoms with Crippen molar-refractivity contribution >= 4 is 11.6 Å². The number of carbonyl (C=O) groups is 1. The van der Waals surface area contributed by atoms with E-state index in [1.165, 1.54) is 16.8 Å². The molecule has 1 fully saturated rings. The van der Waals surface area contributed by atoms with Gasteiger partial charge in [-0.25, -0.2) is 0 Å². The van der Waals surface area contributed by atoms with Crippen LogP contribution < -0.4 is 10.2 Å². The van der Waals surface area contributed by atoms with Crippen LogP contribution in [0.4, 0.5) is 5.69 Å². The summed E-state index contributed by atoms with van der Waals surface area (Å²) >= 11 is 0. The maximum Gasteiger partial charge on any atom is 0.219 e. The van der Waals surface area contributed by atoms with Gasteiger partial charge in [0, 0.05) is 31.7 Å². The minimum Gasteiger partial charge on any atom is -0.371 e. The van der Waals surface area contributed by atoms with Gasteiger partial charge in [0.05, 0.1) is 0 Å². The van der Waals surface area contributed by atoms with Gasteiger partial charge in [-0.15, -0.1) is 0 Å². The molecule has 19 heavy (non-hydrogen) atoms. The van der Waals surface area contributed by atoms with Crippen molar-refractivity contribution in [1.82, 2.24) is 5.32 Å². The van der Waals surface area contributed by atoms with Crippen LogP contribution in [0, 0.1) is 19.8 Å². The van der Waals surface area contributed by atoms with Crippen molar-refractivity contribution in [2.45, 2.75) is 33.6 Å². The Kier molecular flexibility index (Phi) is 4.46. The third-order valence-corrected chi connectivity index (χ3v) is 4.05. The van der Waals surface area contributed by atoms with Crippen LogP contribution in [0.1, 0.15) is 30.9 Å². The molecule has 0 aromatic heterocycles. The van der Waals surface area contributed by atoms with Gasteiger partial charge in [0.15, 0.2) is 0 Å². The molecular formula is C16H24N2O. The standard InChI is InChI=1S/C16H24N2O/c1-4-16(19)17-10-14-7-8-18(11-14)15-6-5-12(2)13(3)9-15/h5-6,9,14H,4,7-8,10-11H2,1-3H3,(H,17,19). The fraction of sp³-hybridized carbons (Fsp3) is 0.562. The number of hydrogen-bond donors (Lipinski definition) is 1. The quantitative estimate of drug-likeness (QED) is 0.902. The lowest BCUT2D eigenvalue weighted by molar-refractivity contribution is -0.120. The van der Waals surface area contributed by atoms with Gasteiger partial charge in [-0.3, -0.25) is 4.79 Å². The molecule has 1 aromatic carbocycles. The summed E-state index contributed by atoms with van der Waals surface area (Å²) in [6.45, 7) is 9.15. The number of anilines is 1. The average molecular weight is 260 g/mol. The van der Waals surface area contributed by atoms with E-state index in [9.17, 15) is 4.79 Å². The summed E-state index contributed by atoms with van der Waals surface area (Å²) < 4.78 is 0. The zero-order valence-corrected chi connectivity index (χ0v) is 12.2. The van der Waals surface area contributed by atoms with E-state index < -0.39 is 0 Å². The van der Waals surface area contributed by atoms with Crippen LogP contribution in [0.15, 0.2) is 18.2 Å². The summed E-state index contributed by atoms with van der Waals surface area (Å²) in [5, 5.41) is 3.00. The van der Waals surface area contributed by atoms with Crippen molar-refractivity contribution in [1.29, 1.82) is 0 Å². The highest BCUT2D eigenvalue weighted by Crippen LogP contribution is 2.25. The number of hydrogen-bond acceptors (Lipinski definition) is 2. The highest BCUT2D eigenvalue weighted by molar-refractivity contribution is 5.75. The maximum absolute atomic E-state index is 11.3. The van der Waals surface area contributed by atoms with Crippen molar-refractivity contribution in [3.8, 4) is 0 Å². The van der Waals surface area contributed by atoms with Gasteiger partial charge in [0.25, 0.3) is 0 Å². The molecule has 104 valence electrons. The molecule has 1 unspecified atom stereocenters. The topological polar surface area (TPSA) is 32.3 Å². The Morgan fingerprint density at radius 3 is 2.84 bits per heavy atom. The minimum atomic E-state index is 0.157. The molecular weight excluding hydrogens is 236 g/mol. The highest BCUT2D eigenvalue weighted by Gasteiger charge is 2.23. The summed E-state index contributed by atoms with van der Waals surface area (Å²) in [6.07, 6.45) is 1.74. The van der Waals surface area contributed by atoms with E-state index in [1.54, 1.807) is 0 Å². The Morgan fingerprint density at radius 1 is 1.37 bits per heavy atom. The average Bonchev–Trinajstić information content (AvgIpc) is 2.88. The van der Waals surface area contributed by atoms with Crippen LogP contribution in [-0.2, 0) is 4.79 Å². The molecule has 1 atom stereocenters. The lowest BCUT2D eigenvalue weighted by Crippen LogP contribution is -2.30. The van der Waals surface area contributed by atoms with Crippen molar-refractivity contribution < 1.29 is 4.79 Å². The van der Waals surface area contributed by atoms with E-state index in [1.807, 2.05) is 6.92 Å². The van der Waals surface area contributed by atoms with E-state index in [0.717, 1.165) is 26.1 Å². The number of aryl methyl sites for hydroxylation is 2. The van der Waals surface area contributed by atoms with Crippen LogP contribution in [0.5, 0.6) is 0 Å². The van der Waals surface area contributed by atoms with Gasteiger partial charge in [-0.2, -0.15) is 0 Å². The van der Waals surface area contributed by atoms with Gasteiger partial charge in [-0.1, -0.05) is 13.0 Å². The van der Waals surface area contributed by atoms with Crippen molar-refractivity contribution in [2.24, 2.45) is 5.92 Å². The number of nitrogens with one attached hydrogen (secondary N) is 1. The Morgan fingerprint density at radius 2 is 2.16 bits per heavy atom. The number of benzene rings is 1. The van der Waals surface area contributed by atoms with Gasteiger partial charge in [0.2, 0.25) is 5.91 Å². The predicted molar refractivity (Wildman–Crippen MR) is 79.5 cm³/mol. The molecule has 1 heterocycles. The monoisotopic (exact) mass is 260 g/mol. The first-order valence-electron chi connectivity index (χ1n) is 7.19. The van der Waals surface area contributed by atoms with Gasteiger partial charge >= 0.3 is 0 Å². The molecule has 0 spiro atoms. The summed E-state index contributed by atoms with van der Waals surface area (Å²) in [5.74, 6) is 0.738. The summed E-state index contributed by atoms with van der Waals surface area (Å²) in [5.41, 5.74) is 4.00. The lowest BCUT2D eigenvalue weighted by atomic mass is 10.1. The van der Waals surface area contributed by atoms with E-state index in [0.29, 0.717) is 12.3 Å². The zero-order valence-electron chi connectivity index (χ0n) is 12.2. The van der Waals surface area contributed by atoms with E-state index in [2.05, 4.69) is 42.3 Å². The van der Waals surface area contributed by atoms with Crippen molar-refractivity contribution in [2.75, 3.05) is 24.5 Å². The van der Waals surface area contributed by atoms with Crippen molar-refractivity contribution in [3.63, 3.8) is 0 Å². The number of amides is 1. The Balaban J connectivity index is 1.90. The second-order valence-corrected chi connectivity index (χ2v) is 5.53.